The van der Waals surface area contributed by atoms with Gasteiger partial charge < -0.3 is 50.2 Å². The van der Waals surface area contributed by atoms with Gasteiger partial charge in [-0.05, 0) is 61.4 Å². The molecular weight excluding hydrogens is 845 g/mol. The Kier molecular flexibility index (Phi) is 13.2. The molecule has 4 aromatic heterocycles. The van der Waals surface area contributed by atoms with Gasteiger partial charge in [0.05, 0.1) is 51.9 Å². The number of Topliss-reactive ketones (excluding diaryl/α,β-unsaturated/α-hetero) is 1. The lowest BCUT2D eigenvalue weighted by molar-refractivity contribution is -0.129. The summed E-state index contributed by atoms with van der Waals surface area (Å²) in [5.74, 6) is 2.29. The number of piperazine rings is 2. The molecule has 6 N–H and O–H groups in total. The van der Waals surface area contributed by atoms with Crippen LogP contribution < -0.4 is 30.4 Å². The van der Waals surface area contributed by atoms with Crippen LogP contribution in [0, 0.1) is 0 Å². The topological polar surface area (TPSA) is 236 Å². The van der Waals surface area contributed by atoms with Crippen molar-refractivity contribution in [3.63, 3.8) is 0 Å². The summed E-state index contributed by atoms with van der Waals surface area (Å²) in [6, 6.07) is 13.9. The standard InChI is InChI=1S/C47H54N12O7/c1-27(56-11-15-58(16-12-56)44(61)35-19-31(23-50-35)41-33(25-52-46(48)54-41)29-7-9-37(63-3)39(21-29)65-5)43(60)28(2)57-13-17-59(18-14-57)45(62)36-20-32(24-51-36)42-34(26-53-47(49)55-42)30-8-10-38(64-4)40(22-30)66-6/h7-10,19-28,50-51H,11-18H2,1-6H3,(H2,48,52,54)(H2,49,53,55). The molecule has 19 nitrogen and oxygen atoms in total. The molecule has 2 saturated heterocycles. The number of aromatic amines is 2. The number of amides is 2. The van der Waals surface area contributed by atoms with E-state index in [4.69, 9.17) is 30.4 Å². The Hall–Kier alpha value is -7.51. The van der Waals surface area contributed by atoms with E-state index in [0.29, 0.717) is 120 Å². The van der Waals surface area contributed by atoms with Gasteiger partial charge >= 0.3 is 0 Å². The number of rotatable bonds is 14. The number of nitrogens with one attached hydrogen (secondary N) is 2. The first-order valence-electron chi connectivity index (χ1n) is 21.6. The maximum atomic E-state index is 13.9. The highest BCUT2D eigenvalue weighted by atomic mass is 16.5. The summed E-state index contributed by atoms with van der Waals surface area (Å²) in [7, 11) is 6.29. The second-order valence-corrected chi connectivity index (χ2v) is 16.1. The van der Waals surface area contributed by atoms with Crippen LogP contribution in [0.5, 0.6) is 23.0 Å². The van der Waals surface area contributed by atoms with Crippen LogP contribution in [0.1, 0.15) is 34.8 Å². The first kappa shape index (κ1) is 45.1. The van der Waals surface area contributed by atoms with Crippen LogP contribution in [0.25, 0.3) is 44.8 Å². The zero-order valence-corrected chi connectivity index (χ0v) is 37.8. The monoisotopic (exact) mass is 898 g/mol. The van der Waals surface area contributed by atoms with Crippen LogP contribution in [0.3, 0.4) is 0 Å². The summed E-state index contributed by atoms with van der Waals surface area (Å²) in [6.45, 7) is 7.87. The fourth-order valence-corrected chi connectivity index (χ4v) is 8.64. The molecule has 2 aromatic carbocycles. The van der Waals surface area contributed by atoms with E-state index in [2.05, 4.69) is 39.7 Å². The van der Waals surface area contributed by atoms with Gasteiger partial charge in [-0.3, -0.25) is 24.2 Å². The molecule has 2 aliphatic heterocycles. The summed E-state index contributed by atoms with van der Waals surface area (Å²) in [5.41, 5.74) is 18.4. The van der Waals surface area contributed by atoms with Crippen molar-refractivity contribution in [3.8, 4) is 67.8 Å². The highest BCUT2D eigenvalue weighted by molar-refractivity contribution is 5.96. The van der Waals surface area contributed by atoms with Crippen molar-refractivity contribution in [1.29, 1.82) is 0 Å². The molecule has 6 aromatic rings. The quantitative estimate of drug-likeness (QED) is 0.119. The summed E-state index contributed by atoms with van der Waals surface area (Å²) in [4.78, 5) is 73.1. The van der Waals surface area contributed by atoms with Gasteiger partial charge in [0.15, 0.2) is 28.8 Å². The molecule has 6 heterocycles. The van der Waals surface area contributed by atoms with E-state index >= 15 is 0 Å². The van der Waals surface area contributed by atoms with Crippen LogP contribution >= 0.6 is 0 Å². The Morgan fingerprint density at radius 2 is 0.924 bits per heavy atom. The number of ether oxygens (including phenoxy) is 4. The van der Waals surface area contributed by atoms with Gasteiger partial charge in [0.1, 0.15) is 11.4 Å². The van der Waals surface area contributed by atoms with Gasteiger partial charge in [0.2, 0.25) is 11.9 Å². The summed E-state index contributed by atoms with van der Waals surface area (Å²) in [6.07, 6.45) is 6.77. The number of hydrogen-bond acceptors (Lipinski definition) is 15. The highest BCUT2D eigenvalue weighted by Gasteiger charge is 2.35. The first-order valence-corrected chi connectivity index (χ1v) is 21.6. The molecule has 2 atom stereocenters. The maximum Gasteiger partial charge on any atom is 0.270 e. The predicted octanol–water partition coefficient (Wildman–Crippen LogP) is 4.35. The first-order chi connectivity index (χ1) is 31.9. The Bertz CT molecular complexity index is 2560. The Morgan fingerprint density at radius 3 is 1.29 bits per heavy atom. The zero-order valence-electron chi connectivity index (χ0n) is 37.8. The van der Waals surface area contributed by atoms with Gasteiger partial charge in [0.25, 0.3) is 11.8 Å². The van der Waals surface area contributed by atoms with E-state index in [1.807, 2.05) is 38.1 Å². The molecule has 8 rings (SSSR count). The van der Waals surface area contributed by atoms with Crippen molar-refractivity contribution in [1.82, 2.24) is 49.5 Å². The maximum absolute atomic E-state index is 13.9. The summed E-state index contributed by atoms with van der Waals surface area (Å²) >= 11 is 0. The lowest BCUT2D eigenvalue weighted by Crippen LogP contribution is -2.58. The van der Waals surface area contributed by atoms with Gasteiger partial charge in [-0.25, -0.2) is 19.9 Å². The number of aromatic nitrogens is 6. The van der Waals surface area contributed by atoms with E-state index in [-0.39, 0.29) is 41.6 Å². The number of nitrogens with zero attached hydrogens (tertiary/aromatic N) is 8. The fourth-order valence-electron chi connectivity index (χ4n) is 8.64. The van der Waals surface area contributed by atoms with Crippen LogP contribution in [-0.4, -0.2) is 160 Å². The van der Waals surface area contributed by atoms with E-state index in [9.17, 15) is 14.4 Å². The third kappa shape index (κ3) is 9.07. The smallest absolute Gasteiger partial charge is 0.270 e. The second-order valence-electron chi connectivity index (χ2n) is 16.1. The molecule has 0 radical (unpaired) electrons. The lowest BCUT2D eigenvalue weighted by Gasteiger charge is -2.41. The number of anilines is 2. The predicted molar refractivity (Wildman–Crippen MR) is 248 cm³/mol. The third-order valence-corrected chi connectivity index (χ3v) is 12.5. The number of carbonyl (C=O) groups is 3. The molecule has 2 aliphatic rings. The number of carbonyl (C=O) groups excluding carboxylic acids is 3. The lowest BCUT2D eigenvalue weighted by atomic mass is 10.0. The van der Waals surface area contributed by atoms with Crippen molar-refractivity contribution >= 4 is 29.5 Å². The van der Waals surface area contributed by atoms with Gasteiger partial charge in [0, 0.05) is 99.4 Å². The van der Waals surface area contributed by atoms with E-state index in [0.717, 1.165) is 11.1 Å². The molecule has 2 unspecified atom stereocenters. The second kappa shape index (κ2) is 19.3. The fraction of sp³-hybridized carbons (Fsp3) is 0.340. The number of hydrogen-bond donors (Lipinski definition) is 4. The van der Waals surface area contributed by atoms with Crippen molar-refractivity contribution in [2.75, 3.05) is 92.3 Å². The summed E-state index contributed by atoms with van der Waals surface area (Å²) in [5, 5.41) is 0. The number of methoxy groups -OCH3 is 4. The Morgan fingerprint density at radius 1 is 0.545 bits per heavy atom. The molecule has 0 saturated carbocycles. The van der Waals surface area contributed by atoms with Crippen LogP contribution in [0.4, 0.5) is 11.9 Å². The highest BCUT2D eigenvalue weighted by Crippen LogP contribution is 2.38. The number of nitrogens with two attached hydrogens (primary N) is 2. The van der Waals surface area contributed by atoms with Crippen LogP contribution in [0.15, 0.2) is 73.3 Å². The largest absolute Gasteiger partial charge is 0.493 e. The number of H-pyrrole nitrogens is 2. The third-order valence-electron chi connectivity index (χ3n) is 12.5. The van der Waals surface area contributed by atoms with Crippen molar-refractivity contribution in [2.24, 2.45) is 0 Å². The zero-order chi connectivity index (χ0) is 46.6. The van der Waals surface area contributed by atoms with Gasteiger partial charge in [-0.2, -0.15) is 0 Å². The number of nitrogen functional groups attached to an aromatic ring is 2. The van der Waals surface area contributed by atoms with Crippen molar-refractivity contribution < 1.29 is 33.3 Å². The van der Waals surface area contributed by atoms with E-state index < -0.39 is 0 Å². The Balaban J connectivity index is 0.846. The van der Waals surface area contributed by atoms with E-state index in [1.165, 1.54) is 0 Å². The normalized spacial score (nSPS) is 15.5. The van der Waals surface area contributed by atoms with E-state index in [1.54, 1.807) is 87.3 Å². The summed E-state index contributed by atoms with van der Waals surface area (Å²) < 4.78 is 21.8. The van der Waals surface area contributed by atoms with Crippen LogP contribution in [-0.2, 0) is 4.79 Å². The molecule has 344 valence electrons. The molecule has 2 amide bonds. The minimum Gasteiger partial charge on any atom is -0.493 e. The molecule has 0 aliphatic carbocycles. The van der Waals surface area contributed by atoms with Crippen LogP contribution in [0.2, 0.25) is 0 Å². The average molecular weight is 899 g/mol. The Labute approximate surface area is 382 Å². The van der Waals surface area contributed by atoms with Gasteiger partial charge in [-0.1, -0.05) is 12.1 Å². The molecule has 2 fully saturated rings. The molecular formula is C47H54N12O7. The molecule has 0 bridgehead atoms. The minimum atomic E-state index is -0.357. The minimum absolute atomic E-state index is 0.0985. The molecule has 19 heteroatoms. The molecule has 0 spiro atoms. The van der Waals surface area contributed by atoms with Gasteiger partial charge in [-0.15, -0.1) is 0 Å². The van der Waals surface area contributed by atoms with Crippen molar-refractivity contribution in [2.45, 2.75) is 25.9 Å². The van der Waals surface area contributed by atoms with Crippen molar-refractivity contribution in [3.05, 3.63) is 84.7 Å². The number of ketones is 1. The average Bonchev–Trinajstić information content (AvgIpc) is 4.07. The SMILES string of the molecule is COc1ccc(-c2cnc(N)nc2-c2c[nH]c(C(=O)N3CCN(C(C)C(=O)C(C)N4CCN(C(=O)c5cc(-c6nc(N)ncc6-c6ccc(OC)c(OC)c6)c[nH]5)CC4)CC3)c2)cc1OC. The molecule has 66 heavy (non-hydrogen) atoms. The number of benzene rings is 2.